The van der Waals surface area contributed by atoms with Gasteiger partial charge in [0.05, 0.1) is 15.2 Å². The number of thiazole rings is 1. The van der Waals surface area contributed by atoms with Gasteiger partial charge in [-0.25, -0.2) is 4.98 Å². The first kappa shape index (κ1) is 10.9. The molecule has 0 aliphatic rings. The minimum Gasteiger partial charge on any atom is -0.330 e. The van der Waals surface area contributed by atoms with Crippen LogP contribution in [0.4, 0.5) is 0 Å². The highest BCUT2D eigenvalue weighted by Gasteiger charge is 2.06. The molecule has 0 unspecified atom stereocenters. The van der Waals surface area contributed by atoms with E-state index in [0.29, 0.717) is 6.54 Å². The Balaban J connectivity index is 2.42. The highest BCUT2D eigenvalue weighted by molar-refractivity contribution is 7.18. The van der Waals surface area contributed by atoms with E-state index < -0.39 is 0 Å². The van der Waals surface area contributed by atoms with Crippen molar-refractivity contribution in [3.63, 3.8) is 0 Å². The molecule has 0 bridgehead atoms. The van der Waals surface area contributed by atoms with Gasteiger partial charge in [0, 0.05) is 5.02 Å². The summed E-state index contributed by atoms with van der Waals surface area (Å²) in [7, 11) is 0. The molecule has 0 aliphatic heterocycles. The predicted molar refractivity (Wildman–Crippen MR) is 66.7 cm³/mol. The molecule has 15 heavy (non-hydrogen) atoms. The number of hydrogen-bond donors (Lipinski definition) is 1. The van der Waals surface area contributed by atoms with Crippen LogP contribution >= 0.6 is 22.9 Å². The van der Waals surface area contributed by atoms with Gasteiger partial charge >= 0.3 is 0 Å². The Labute approximate surface area is 98.1 Å². The second-order valence-corrected chi connectivity index (χ2v) is 5.18. The second-order valence-electron chi connectivity index (χ2n) is 3.54. The minimum atomic E-state index is 0.699. The van der Waals surface area contributed by atoms with E-state index in [4.69, 9.17) is 17.3 Å². The maximum Gasteiger partial charge on any atom is 0.0907 e. The van der Waals surface area contributed by atoms with Crippen LogP contribution in [-0.4, -0.2) is 11.5 Å². The van der Waals surface area contributed by atoms with Crippen molar-refractivity contribution in [2.45, 2.75) is 19.8 Å². The van der Waals surface area contributed by atoms with Crippen LogP contribution in [0.1, 0.15) is 17.0 Å². The number of halogens is 1. The first-order valence-corrected chi connectivity index (χ1v) is 6.16. The number of fused-ring (bicyclic) bond motifs is 1. The highest BCUT2D eigenvalue weighted by atomic mass is 35.5. The Hall–Kier alpha value is -0.640. The van der Waals surface area contributed by atoms with Gasteiger partial charge in [-0.15, -0.1) is 11.3 Å². The van der Waals surface area contributed by atoms with Crippen molar-refractivity contribution in [2.75, 3.05) is 6.54 Å². The quantitative estimate of drug-likeness (QED) is 0.895. The van der Waals surface area contributed by atoms with Gasteiger partial charge in [0.2, 0.25) is 0 Å². The maximum absolute atomic E-state index is 6.19. The van der Waals surface area contributed by atoms with Crippen LogP contribution in [0, 0.1) is 6.92 Å². The highest BCUT2D eigenvalue weighted by Crippen LogP contribution is 2.28. The maximum atomic E-state index is 6.19. The van der Waals surface area contributed by atoms with Crippen molar-refractivity contribution in [3.05, 3.63) is 27.7 Å². The summed E-state index contributed by atoms with van der Waals surface area (Å²) in [5, 5.41) is 1.91. The fourth-order valence-corrected chi connectivity index (χ4v) is 2.76. The number of rotatable bonds is 3. The molecular weight excluding hydrogens is 228 g/mol. The molecule has 0 saturated heterocycles. The van der Waals surface area contributed by atoms with Gasteiger partial charge in [0.1, 0.15) is 0 Å². The Morgan fingerprint density at radius 3 is 3.00 bits per heavy atom. The topological polar surface area (TPSA) is 38.9 Å². The lowest BCUT2D eigenvalue weighted by Crippen LogP contribution is -2.00. The lowest BCUT2D eigenvalue weighted by molar-refractivity contribution is 0.833. The van der Waals surface area contributed by atoms with Crippen LogP contribution in [-0.2, 0) is 6.42 Å². The molecule has 2 nitrogen and oxygen atoms in total. The Kier molecular flexibility index (Phi) is 3.24. The normalized spacial score (nSPS) is 11.1. The zero-order valence-electron chi connectivity index (χ0n) is 8.59. The molecule has 0 atom stereocenters. The Morgan fingerprint density at radius 2 is 2.27 bits per heavy atom. The van der Waals surface area contributed by atoms with Gasteiger partial charge in [0.15, 0.2) is 0 Å². The fourth-order valence-electron chi connectivity index (χ4n) is 1.59. The van der Waals surface area contributed by atoms with Crippen molar-refractivity contribution in [3.8, 4) is 0 Å². The molecule has 0 fully saturated rings. The second kappa shape index (κ2) is 4.47. The average molecular weight is 241 g/mol. The van der Waals surface area contributed by atoms with Crippen molar-refractivity contribution in [2.24, 2.45) is 5.73 Å². The summed E-state index contributed by atoms with van der Waals surface area (Å²) >= 11 is 7.86. The van der Waals surface area contributed by atoms with Crippen molar-refractivity contribution < 1.29 is 0 Å². The fraction of sp³-hybridized carbons (Fsp3) is 0.364. The molecule has 0 radical (unpaired) electrons. The third-order valence-corrected chi connectivity index (χ3v) is 3.60. The number of nitrogens with two attached hydrogens (primary N) is 1. The van der Waals surface area contributed by atoms with Crippen LogP contribution in [0.15, 0.2) is 12.1 Å². The van der Waals surface area contributed by atoms with Crippen molar-refractivity contribution in [1.82, 2.24) is 4.98 Å². The van der Waals surface area contributed by atoms with Crippen LogP contribution in [0.3, 0.4) is 0 Å². The Morgan fingerprint density at radius 1 is 1.47 bits per heavy atom. The molecule has 0 aliphatic carbocycles. The van der Waals surface area contributed by atoms with E-state index in [1.165, 1.54) is 0 Å². The van der Waals surface area contributed by atoms with E-state index in [9.17, 15) is 0 Å². The van der Waals surface area contributed by atoms with Crippen LogP contribution in [0.2, 0.25) is 5.02 Å². The van der Waals surface area contributed by atoms with E-state index >= 15 is 0 Å². The Bertz CT molecular complexity index is 479. The molecule has 2 rings (SSSR count). The summed E-state index contributed by atoms with van der Waals surface area (Å²) in [5.41, 5.74) is 7.69. The van der Waals surface area contributed by atoms with Crippen LogP contribution in [0.25, 0.3) is 10.2 Å². The molecule has 2 N–H and O–H groups in total. The van der Waals surface area contributed by atoms with Gasteiger partial charge < -0.3 is 5.73 Å². The molecular formula is C11H13ClN2S. The molecule has 4 heteroatoms. The minimum absolute atomic E-state index is 0.699. The average Bonchev–Trinajstić information content (AvgIpc) is 2.53. The third-order valence-electron chi connectivity index (χ3n) is 2.31. The van der Waals surface area contributed by atoms with E-state index in [1.54, 1.807) is 11.3 Å². The molecule has 0 amide bonds. The lowest BCUT2D eigenvalue weighted by atomic mass is 10.1. The standard InChI is InChI=1S/C11H13ClN2S/c1-7-14-10-5-8(3-2-4-13)9(12)6-11(10)15-7/h5-6H,2-4,13H2,1H3. The third kappa shape index (κ3) is 2.30. The molecule has 80 valence electrons. The lowest BCUT2D eigenvalue weighted by Gasteiger charge is -2.02. The molecule has 1 aromatic carbocycles. The monoisotopic (exact) mass is 240 g/mol. The summed E-state index contributed by atoms with van der Waals surface area (Å²) in [6.45, 7) is 2.71. The first-order chi connectivity index (χ1) is 7.20. The van der Waals surface area contributed by atoms with E-state index in [2.05, 4.69) is 11.1 Å². The van der Waals surface area contributed by atoms with Gasteiger partial charge in [-0.2, -0.15) is 0 Å². The smallest absolute Gasteiger partial charge is 0.0907 e. The molecule has 0 saturated carbocycles. The summed E-state index contributed by atoms with van der Waals surface area (Å²) < 4.78 is 1.16. The number of benzene rings is 1. The van der Waals surface area contributed by atoms with Gasteiger partial charge in [-0.05, 0) is 44.0 Å². The summed E-state index contributed by atoms with van der Waals surface area (Å²) in [4.78, 5) is 4.45. The summed E-state index contributed by atoms with van der Waals surface area (Å²) in [6.07, 6.45) is 1.90. The molecule has 0 spiro atoms. The van der Waals surface area contributed by atoms with Crippen molar-refractivity contribution >= 4 is 33.2 Å². The van der Waals surface area contributed by atoms with Gasteiger partial charge in [0.25, 0.3) is 0 Å². The summed E-state index contributed by atoms with van der Waals surface area (Å²) in [5.74, 6) is 0. The van der Waals surface area contributed by atoms with Gasteiger partial charge in [-0.3, -0.25) is 0 Å². The zero-order chi connectivity index (χ0) is 10.8. The van der Waals surface area contributed by atoms with Gasteiger partial charge in [-0.1, -0.05) is 11.6 Å². The SMILES string of the molecule is Cc1nc2cc(CCCN)c(Cl)cc2s1. The van der Waals surface area contributed by atoms with Crippen LogP contribution in [0.5, 0.6) is 0 Å². The van der Waals surface area contributed by atoms with E-state index in [-0.39, 0.29) is 0 Å². The zero-order valence-corrected chi connectivity index (χ0v) is 10.2. The largest absolute Gasteiger partial charge is 0.330 e. The van der Waals surface area contributed by atoms with Crippen molar-refractivity contribution in [1.29, 1.82) is 0 Å². The summed E-state index contributed by atoms with van der Waals surface area (Å²) in [6, 6.07) is 4.09. The van der Waals surface area contributed by atoms with E-state index in [1.807, 2.05) is 13.0 Å². The molecule has 1 aromatic heterocycles. The number of aryl methyl sites for hydroxylation is 2. The molecule has 2 aromatic rings. The number of nitrogens with zero attached hydrogens (tertiary/aromatic N) is 1. The van der Waals surface area contributed by atoms with E-state index in [0.717, 1.165) is 38.7 Å². The number of hydrogen-bond acceptors (Lipinski definition) is 3. The van der Waals surface area contributed by atoms with Crippen LogP contribution < -0.4 is 5.73 Å². The predicted octanol–water partition coefficient (Wildman–Crippen LogP) is 3.15. The molecule has 1 heterocycles. The number of aromatic nitrogens is 1. The first-order valence-electron chi connectivity index (χ1n) is 4.96.